The number of carbonyl (C=O) groups excluding carboxylic acids is 2. The number of aromatic nitrogens is 1. The van der Waals surface area contributed by atoms with Crippen molar-refractivity contribution in [3.63, 3.8) is 0 Å². The summed E-state index contributed by atoms with van der Waals surface area (Å²) in [5.74, 6) is 0.476. The van der Waals surface area contributed by atoms with Gasteiger partial charge in [-0.05, 0) is 63.6 Å². The topological polar surface area (TPSA) is 65.5 Å². The van der Waals surface area contributed by atoms with Gasteiger partial charge in [0.05, 0.1) is 11.5 Å². The number of nitrogens with one attached hydrogen (secondary N) is 1. The first-order chi connectivity index (χ1) is 13.1. The van der Waals surface area contributed by atoms with Crippen LogP contribution in [0.15, 0.2) is 18.5 Å². The highest BCUT2D eigenvalue weighted by atomic mass is 16.2. The fourth-order valence-electron chi connectivity index (χ4n) is 4.39. The molecule has 2 saturated heterocycles. The number of nitrogens with zero attached hydrogens (tertiary/aromatic N) is 3. The molecule has 3 fully saturated rings. The van der Waals surface area contributed by atoms with E-state index in [9.17, 15) is 9.59 Å². The first-order valence-corrected chi connectivity index (χ1v) is 10.4. The van der Waals surface area contributed by atoms with E-state index in [-0.39, 0.29) is 17.7 Å². The van der Waals surface area contributed by atoms with Gasteiger partial charge in [-0.1, -0.05) is 0 Å². The van der Waals surface area contributed by atoms with Gasteiger partial charge in [-0.25, -0.2) is 0 Å². The van der Waals surface area contributed by atoms with Crippen LogP contribution in [0.5, 0.6) is 0 Å². The maximum absolute atomic E-state index is 12.7. The highest BCUT2D eigenvalue weighted by molar-refractivity contribution is 5.94. The van der Waals surface area contributed by atoms with E-state index in [4.69, 9.17) is 0 Å². The minimum Gasteiger partial charge on any atom is -0.353 e. The number of carbonyl (C=O) groups is 2. The van der Waals surface area contributed by atoms with Crippen molar-refractivity contribution in [1.29, 1.82) is 0 Å². The van der Waals surface area contributed by atoms with Gasteiger partial charge in [-0.15, -0.1) is 0 Å². The molecular formula is C21H30N4O2. The second-order valence-electron chi connectivity index (χ2n) is 8.39. The average molecular weight is 370 g/mol. The summed E-state index contributed by atoms with van der Waals surface area (Å²) in [5.41, 5.74) is 1.70. The highest BCUT2D eigenvalue weighted by Gasteiger charge is 2.34. The normalized spacial score (nSPS) is 24.6. The van der Waals surface area contributed by atoms with E-state index in [2.05, 4.69) is 15.2 Å². The maximum Gasteiger partial charge on any atom is 0.255 e. The predicted molar refractivity (Wildman–Crippen MR) is 103 cm³/mol. The highest BCUT2D eigenvalue weighted by Crippen LogP contribution is 2.26. The van der Waals surface area contributed by atoms with E-state index in [1.807, 2.05) is 17.9 Å². The number of hydrogen-bond donors (Lipinski definition) is 1. The Balaban J connectivity index is 1.29. The van der Waals surface area contributed by atoms with Crippen LogP contribution in [0.2, 0.25) is 0 Å². The van der Waals surface area contributed by atoms with Gasteiger partial charge in [0.2, 0.25) is 5.91 Å². The number of aryl methyl sites for hydroxylation is 1. The molecule has 6 nitrogen and oxygen atoms in total. The quantitative estimate of drug-likeness (QED) is 0.880. The van der Waals surface area contributed by atoms with Crippen LogP contribution in [0.25, 0.3) is 0 Å². The monoisotopic (exact) mass is 370 g/mol. The summed E-state index contributed by atoms with van der Waals surface area (Å²) in [4.78, 5) is 33.7. The lowest BCUT2D eigenvalue weighted by Crippen LogP contribution is -2.51. The summed E-state index contributed by atoms with van der Waals surface area (Å²) >= 11 is 0. The smallest absolute Gasteiger partial charge is 0.255 e. The summed E-state index contributed by atoms with van der Waals surface area (Å²) in [5, 5.41) is 3.17. The van der Waals surface area contributed by atoms with E-state index in [1.54, 1.807) is 12.4 Å². The van der Waals surface area contributed by atoms with Gasteiger partial charge in [0.15, 0.2) is 0 Å². The van der Waals surface area contributed by atoms with Crippen molar-refractivity contribution < 1.29 is 9.59 Å². The van der Waals surface area contributed by atoms with Crippen molar-refractivity contribution >= 4 is 11.8 Å². The Labute approximate surface area is 161 Å². The largest absolute Gasteiger partial charge is 0.353 e. The van der Waals surface area contributed by atoms with E-state index >= 15 is 0 Å². The van der Waals surface area contributed by atoms with Crippen molar-refractivity contribution in [2.45, 2.75) is 57.5 Å². The summed E-state index contributed by atoms with van der Waals surface area (Å²) in [6.45, 7) is 5.48. The fraction of sp³-hybridized carbons (Fsp3) is 0.667. The zero-order valence-corrected chi connectivity index (χ0v) is 16.2. The Hall–Kier alpha value is -1.95. The molecule has 1 unspecified atom stereocenters. The first-order valence-electron chi connectivity index (χ1n) is 10.4. The first kappa shape index (κ1) is 18.4. The zero-order chi connectivity index (χ0) is 18.8. The summed E-state index contributed by atoms with van der Waals surface area (Å²) < 4.78 is 0. The molecule has 146 valence electrons. The Morgan fingerprint density at radius 3 is 2.56 bits per heavy atom. The van der Waals surface area contributed by atoms with Crippen LogP contribution in [-0.2, 0) is 4.79 Å². The molecule has 1 saturated carbocycles. The van der Waals surface area contributed by atoms with Gasteiger partial charge >= 0.3 is 0 Å². The van der Waals surface area contributed by atoms with Gasteiger partial charge in [-0.3, -0.25) is 19.5 Å². The van der Waals surface area contributed by atoms with Crippen LogP contribution >= 0.6 is 0 Å². The Bertz CT molecular complexity index is 695. The lowest BCUT2D eigenvalue weighted by molar-refractivity contribution is -0.127. The molecule has 0 aromatic carbocycles. The minimum absolute atomic E-state index is 0.0879. The molecule has 1 aromatic rings. The SMILES string of the molecule is Cc1cncc(C(=O)N2CCC(N3CCCC(C(=O)NC4CC4)C3)CC2)c1. The van der Waals surface area contributed by atoms with Gasteiger partial charge in [0.25, 0.3) is 5.91 Å². The third-order valence-corrected chi connectivity index (χ3v) is 6.14. The van der Waals surface area contributed by atoms with E-state index in [1.165, 1.54) is 0 Å². The van der Waals surface area contributed by atoms with Gasteiger partial charge in [0, 0.05) is 44.1 Å². The van der Waals surface area contributed by atoms with Crippen LogP contribution in [-0.4, -0.2) is 64.9 Å². The molecule has 6 heteroatoms. The van der Waals surface area contributed by atoms with Crippen LogP contribution in [0.3, 0.4) is 0 Å². The average Bonchev–Trinajstić information content (AvgIpc) is 3.51. The molecule has 1 aromatic heterocycles. The molecule has 27 heavy (non-hydrogen) atoms. The molecule has 0 bridgehead atoms. The third kappa shape index (κ3) is 4.49. The molecule has 1 aliphatic carbocycles. The standard InChI is InChI=1S/C21H30N4O2/c1-15-11-17(13-22-12-15)21(27)24-9-6-19(7-10-24)25-8-2-3-16(14-25)20(26)23-18-4-5-18/h11-13,16,18-19H,2-10,14H2,1H3,(H,23,26). The molecule has 0 radical (unpaired) electrons. The Morgan fingerprint density at radius 1 is 1.07 bits per heavy atom. The van der Waals surface area contributed by atoms with E-state index in [0.717, 1.165) is 70.3 Å². The molecule has 1 N–H and O–H groups in total. The molecule has 3 heterocycles. The van der Waals surface area contributed by atoms with Crippen LogP contribution in [0.1, 0.15) is 54.4 Å². The number of amides is 2. The molecule has 0 spiro atoms. The van der Waals surface area contributed by atoms with Crippen LogP contribution < -0.4 is 5.32 Å². The van der Waals surface area contributed by atoms with Crippen molar-refractivity contribution in [1.82, 2.24) is 20.1 Å². The molecule has 4 rings (SSSR count). The van der Waals surface area contributed by atoms with E-state index < -0.39 is 0 Å². The summed E-state index contributed by atoms with van der Waals surface area (Å²) in [7, 11) is 0. The number of hydrogen-bond acceptors (Lipinski definition) is 4. The van der Waals surface area contributed by atoms with Crippen molar-refractivity contribution in [2.75, 3.05) is 26.2 Å². The number of likely N-dealkylation sites (tertiary alicyclic amines) is 2. The zero-order valence-electron chi connectivity index (χ0n) is 16.2. The number of rotatable bonds is 4. The van der Waals surface area contributed by atoms with E-state index in [0.29, 0.717) is 17.6 Å². The summed E-state index contributed by atoms with van der Waals surface area (Å²) in [6.07, 6.45) is 9.80. The number of piperidine rings is 2. The lowest BCUT2D eigenvalue weighted by Gasteiger charge is -2.42. The molecular weight excluding hydrogens is 340 g/mol. The van der Waals surface area contributed by atoms with Gasteiger partial charge in [0.1, 0.15) is 0 Å². The Morgan fingerprint density at radius 2 is 1.85 bits per heavy atom. The third-order valence-electron chi connectivity index (χ3n) is 6.14. The predicted octanol–water partition coefficient (Wildman–Crippen LogP) is 1.99. The van der Waals surface area contributed by atoms with Crippen LogP contribution in [0.4, 0.5) is 0 Å². The minimum atomic E-state index is 0.0879. The summed E-state index contributed by atoms with van der Waals surface area (Å²) in [6, 6.07) is 2.84. The molecule has 3 aliphatic rings. The molecule has 2 amide bonds. The van der Waals surface area contributed by atoms with Crippen molar-refractivity contribution in [3.8, 4) is 0 Å². The maximum atomic E-state index is 12.7. The van der Waals surface area contributed by atoms with Crippen molar-refractivity contribution in [2.24, 2.45) is 5.92 Å². The van der Waals surface area contributed by atoms with Crippen molar-refractivity contribution in [3.05, 3.63) is 29.6 Å². The second kappa shape index (κ2) is 7.97. The van der Waals surface area contributed by atoms with Gasteiger partial charge in [-0.2, -0.15) is 0 Å². The Kier molecular flexibility index (Phi) is 5.43. The lowest BCUT2D eigenvalue weighted by atomic mass is 9.93. The second-order valence-corrected chi connectivity index (χ2v) is 8.39. The fourth-order valence-corrected chi connectivity index (χ4v) is 4.39. The van der Waals surface area contributed by atoms with Crippen LogP contribution in [0, 0.1) is 12.8 Å². The molecule has 1 atom stereocenters. The van der Waals surface area contributed by atoms with Gasteiger partial charge < -0.3 is 10.2 Å². The number of pyridine rings is 1. The molecule has 2 aliphatic heterocycles.